The Morgan fingerprint density at radius 3 is 2.73 bits per heavy atom. The lowest BCUT2D eigenvalue weighted by Crippen LogP contribution is -2.32. The highest BCUT2D eigenvalue weighted by atomic mass is 32.1. The average molecular weight is 414 g/mol. The number of thiophene rings is 1. The molecule has 30 heavy (non-hydrogen) atoms. The molecule has 6 nitrogen and oxygen atoms in total. The van der Waals surface area contributed by atoms with Gasteiger partial charge in [-0.25, -0.2) is 4.68 Å². The van der Waals surface area contributed by atoms with Crippen LogP contribution < -0.4 is 14.8 Å². The second-order valence-corrected chi connectivity index (χ2v) is 8.15. The van der Waals surface area contributed by atoms with Gasteiger partial charge in [0.25, 0.3) is 0 Å². The molecule has 2 atom stereocenters. The van der Waals surface area contributed by atoms with Gasteiger partial charge in [0.05, 0.1) is 12.8 Å². The first kappa shape index (κ1) is 17.3. The molecule has 0 saturated carbocycles. The zero-order valence-corrected chi connectivity index (χ0v) is 17.0. The summed E-state index contributed by atoms with van der Waals surface area (Å²) in [5.41, 5.74) is 4.30. The van der Waals surface area contributed by atoms with Crippen LogP contribution in [0.4, 0.5) is 5.95 Å². The van der Waals surface area contributed by atoms with Crippen molar-refractivity contribution in [1.29, 1.82) is 0 Å². The Balaban J connectivity index is 1.61. The van der Waals surface area contributed by atoms with Gasteiger partial charge >= 0.3 is 0 Å². The van der Waals surface area contributed by atoms with E-state index in [4.69, 9.17) is 9.47 Å². The summed E-state index contributed by atoms with van der Waals surface area (Å²) in [7, 11) is 1.68. The Bertz CT molecular complexity index is 1240. The molecular weight excluding hydrogens is 396 g/mol. The van der Waals surface area contributed by atoms with Gasteiger partial charge in [0.1, 0.15) is 23.9 Å². The number of fused-ring (bicyclic) bond motifs is 3. The number of methoxy groups -OCH3 is 1. The van der Waals surface area contributed by atoms with E-state index in [1.54, 1.807) is 24.8 Å². The number of nitrogens with one attached hydrogen (secondary N) is 1. The van der Waals surface area contributed by atoms with E-state index in [1.807, 2.05) is 35.0 Å². The summed E-state index contributed by atoms with van der Waals surface area (Å²) in [6.45, 7) is 0. The van der Waals surface area contributed by atoms with Crippen LogP contribution in [0.5, 0.6) is 11.5 Å². The summed E-state index contributed by atoms with van der Waals surface area (Å²) in [6, 6.07) is 20.3. The van der Waals surface area contributed by atoms with Crippen LogP contribution in [0.1, 0.15) is 28.1 Å². The molecule has 2 aliphatic rings. The number of rotatable bonds is 3. The van der Waals surface area contributed by atoms with Crippen LogP contribution >= 0.6 is 11.3 Å². The van der Waals surface area contributed by atoms with Gasteiger partial charge < -0.3 is 14.8 Å². The van der Waals surface area contributed by atoms with Crippen LogP contribution in [0.25, 0.3) is 5.70 Å². The summed E-state index contributed by atoms with van der Waals surface area (Å²) < 4.78 is 13.9. The van der Waals surface area contributed by atoms with Crippen molar-refractivity contribution in [3.8, 4) is 11.5 Å². The first-order chi connectivity index (χ1) is 14.8. The Morgan fingerprint density at radius 2 is 1.93 bits per heavy atom. The third kappa shape index (κ3) is 2.55. The van der Waals surface area contributed by atoms with Crippen LogP contribution in [0.2, 0.25) is 0 Å². The lowest BCUT2D eigenvalue weighted by Gasteiger charge is -2.38. The molecule has 0 aliphatic carbocycles. The summed E-state index contributed by atoms with van der Waals surface area (Å²) in [4.78, 5) is 5.62. The zero-order valence-electron chi connectivity index (χ0n) is 16.1. The molecule has 0 amide bonds. The number of benzene rings is 2. The van der Waals surface area contributed by atoms with Crippen molar-refractivity contribution >= 4 is 23.0 Å². The maximum absolute atomic E-state index is 6.56. The van der Waals surface area contributed by atoms with Gasteiger partial charge in [0, 0.05) is 16.0 Å². The molecule has 4 heterocycles. The number of hydrogen-bond donors (Lipinski definition) is 1. The van der Waals surface area contributed by atoms with Gasteiger partial charge in [0.2, 0.25) is 5.95 Å². The van der Waals surface area contributed by atoms with Crippen molar-refractivity contribution in [3.05, 3.63) is 93.9 Å². The third-order valence-electron chi connectivity index (χ3n) is 5.55. The van der Waals surface area contributed by atoms with E-state index in [1.165, 1.54) is 0 Å². The summed E-state index contributed by atoms with van der Waals surface area (Å²) >= 11 is 1.69. The van der Waals surface area contributed by atoms with Crippen molar-refractivity contribution in [2.45, 2.75) is 12.1 Å². The highest BCUT2D eigenvalue weighted by Crippen LogP contribution is 2.51. The minimum absolute atomic E-state index is 0.148. The van der Waals surface area contributed by atoms with Crippen molar-refractivity contribution in [2.24, 2.45) is 0 Å². The minimum atomic E-state index is -0.216. The largest absolute Gasteiger partial charge is 0.497 e. The Labute approximate surface area is 177 Å². The fourth-order valence-electron chi connectivity index (χ4n) is 4.20. The fraction of sp³-hybridized carbons (Fsp3) is 0.130. The summed E-state index contributed by atoms with van der Waals surface area (Å²) in [5.74, 6) is 2.40. The van der Waals surface area contributed by atoms with Gasteiger partial charge in [-0.3, -0.25) is 0 Å². The average Bonchev–Trinajstić information content (AvgIpc) is 3.49. The molecular formula is C23H18N4O2S. The van der Waals surface area contributed by atoms with Crippen molar-refractivity contribution in [2.75, 3.05) is 12.4 Å². The molecule has 148 valence electrons. The maximum atomic E-state index is 6.56. The number of nitrogens with zero attached hydrogens (tertiary/aromatic N) is 3. The van der Waals surface area contributed by atoms with E-state index in [2.05, 4.69) is 51.1 Å². The molecule has 6 rings (SSSR count). The van der Waals surface area contributed by atoms with Crippen molar-refractivity contribution in [3.63, 3.8) is 0 Å². The van der Waals surface area contributed by atoms with E-state index in [-0.39, 0.29) is 12.1 Å². The second-order valence-electron chi connectivity index (χ2n) is 7.17. The van der Waals surface area contributed by atoms with Gasteiger partial charge in [-0.05, 0) is 41.3 Å². The summed E-state index contributed by atoms with van der Waals surface area (Å²) in [5, 5.41) is 10.1. The molecule has 2 aliphatic heterocycles. The van der Waals surface area contributed by atoms with Crippen LogP contribution in [0.3, 0.4) is 0 Å². The molecule has 0 spiro atoms. The van der Waals surface area contributed by atoms with E-state index in [0.29, 0.717) is 0 Å². The standard InChI is InChI=1S/C23H18N4O2S/c1-28-15-10-8-14(9-11-15)21-19-20(26-23-24-13-25-27(21)23)16-5-2-3-6-17(16)29-22(19)18-7-4-12-30-18/h2-13,21-22H,1H3,(H,24,25,26). The predicted molar refractivity (Wildman–Crippen MR) is 116 cm³/mol. The van der Waals surface area contributed by atoms with E-state index in [0.717, 1.165) is 44.7 Å². The Hall–Kier alpha value is -3.58. The molecule has 1 N–H and O–H groups in total. The first-order valence-corrected chi connectivity index (χ1v) is 10.6. The molecule has 0 saturated heterocycles. The van der Waals surface area contributed by atoms with Crippen LogP contribution in [-0.2, 0) is 0 Å². The second kappa shape index (κ2) is 6.74. The van der Waals surface area contributed by atoms with Crippen molar-refractivity contribution in [1.82, 2.24) is 14.8 Å². The molecule has 0 radical (unpaired) electrons. The maximum Gasteiger partial charge on any atom is 0.226 e. The highest BCUT2D eigenvalue weighted by molar-refractivity contribution is 7.10. The number of anilines is 1. The predicted octanol–water partition coefficient (Wildman–Crippen LogP) is 4.91. The van der Waals surface area contributed by atoms with E-state index >= 15 is 0 Å². The van der Waals surface area contributed by atoms with E-state index in [9.17, 15) is 0 Å². The van der Waals surface area contributed by atoms with Gasteiger partial charge in [0.15, 0.2) is 6.10 Å². The van der Waals surface area contributed by atoms with Crippen LogP contribution in [0, 0.1) is 0 Å². The smallest absolute Gasteiger partial charge is 0.226 e. The van der Waals surface area contributed by atoms with Gasteiger partial charge in [-0.2, -0.15) is 10.1 Å². The molecule has 4 aromatic rings. The first-order valence-electron chi connectivity index (χ1n) is 9.67. The van der Waals surface area contributed by atoms with Crippen LogP contribution in [0.15, 0.2) is 77.9 Å². The number of hydrogen-bond acceptors (Lipinski definition) is 6. The quantitative estimate of drug-likeness (QED) is 0.516. The molecule has 0 fully saturated rings. The lowest BCUT2D eigenvalue weighted by molar-refractivity contribution is 0.226. The summed E-state index contributed by atoms with van der Waals surface area (Å²) in [6.07, 6.45) is 1.37. The number of aromatic nitrogens is 3. The fourth-order valence-corrected chi connectivity index (χ4v) is 4.97. The monoisotopic (exact) mass is 414 g/mol. The van der Waals surface area contributed by atoms with Gasteiger partial charge in [-0.15, -0.1) is 11.3 Å². The minimum Gasteiger partial charge on any atom is -0.497 e. The zero-order chi connectivity index (χ0) is 20.1. The molecule has 7 heteroatoms. The topological polar surface area (TPSA) is 61.2 Å². The molecule has 2 aromatic carbocycles. The molecule has 2 aromatic heterocycles. The Morgan fingerprint density at radius 1 is 1.07 bits per heavy atom. The lowest BCUT2D eigenvalue weighted by atomic mass is 9.86. The van der Waals surface area contributed by atoms with E-state index < -0.39 is 0 Å². The third-order valence-corrected chi connectivity index (χ3v) is 6.47. The van der Waals surface area contributed by atoms with Crippen LogP contribution in [-0.4, -0.2) is 21.9 Å². The number of ether oxygens (including phenoxy) is 2. The van der Waals surface area contributed by atoms with Gasteiger partial charge in [-0.1, -0.05) is 30.3 Å². The van der Waals surface area contributed by atoms with Crippen molar-refractivity contribution < 1.29 is 9.47 Å². The Kier molecular flexibility index (Phi) is 3.89. The highest BCUT2D eigenvalue weighted by Gasteiger charge is 2.41. The molecule has 2 unspecified atom stereocenters. The number of para-hydroxylation sites is 1. The molecule has 0 bridgehead atoms. The SMILES string of the molecule is COc1ccc(C2C3=C(Nc4ncnn42)c2ccccc2OC3c2cccs2)cc1. The normalized spacial score (nSPS) is 19.2.